The first-order valence-corrected chi connectivity index (χ1v) is 9.70. The van der Waals surface area contributed by atoms with Crippen LogP contribution in [0.4, 0.5) is 16.3 Å². The van der Waals surface area contributed by atoms with Gasteiger partial charge >= 0.3 is 6.03 Å². The number of carbonyl (C=O) groups excluding carboxylic acids is 1. The minimum absolute atomic E-state index is 0.187. The molecule has 0 aliphatic heterocycles. The number of carbonyl (C=O) groups is 1. The average molecular weight is 398 g/mol. The monoisotopic (exact) mass is 398 g/mol. The molecule has 0 saturated heterocycles. The van der Waals surface area contributed by atoms with Crippen LogP contribution in [-0.2, 0) is 0 Å². The highest BCUT2D eigenvalue weighted by Crippen LogP contribution is 2.32. The van der Waals surface area contributed by atoms with E-state index in [4.69, 9.17) is 0 Å². The van der Waals surface area contributed by atoms with Crippen molar-refractivity contribution in [2.75, 3.05) is 11.9 Å². The van der Waals surface area contributed by atoms with Crippen molar-refractivity contribution in [3.63, 3.8) is 0 Å². The highest BCUT2D eigenvalue weighted by Gasteiger charge is 2.24. The lowest BCUT2D eigenvalue weighted by atomic mass is 10.1. The number of allylic oxidation sites excluding steroid dienone is 6. The Hall–Kier alpha value is -3.93. The van der Waals surface area contributed by atoms with Gasteiger partial charge in [-0.2, -0.15) is 0 Å². The predicted octanol–water partition coefficient (Wildman–Crippen LogP) is 4.41. The molecule has 1 aromatic carbocycles. The molecule has 1 aliphatic rings. The normalized spacial score (nSPS) is 13.4. The lowest BCUT2D eigenvalue weighted by Gasteiger charge is -2.29. The fourth-order valence-corrected chi connectivity index (χ4v) is 3.57. The summed E-state index contributed by atoms with van der Waals surface area (Å²) in [6, 6.07) is 12.1. The maximum absolute atomic E-state index is 13.0. The number of para-hydroxylation sites is 1. The first-order valence-electron chi connectivity index (χ1n) is 9.70. The van der Waals surface area contributed by atoms with Crippen molar-refractivity contribution in [2.45, 2.75) is 13.0 Å². The highest BCUT2D eigenvalue weighted by atomic mass is 16.2. The van der Waals surface area contributed by atoms with E-state index in [0.717, 1.165) is 11.2 Å². The van der Waals surface area contributed by atoms with E-state index in [1.54, 1.807) is 13.2 Å². The van der Waals surface area contributed by atoms with Crippen molar-refractivity contribution < 1.29 is 4.79 Å². The Morgan fingerprint density at radius 2 is 1.77 bits per heavy atom. The summed E-state index contributed by atoms with van der Waals surface area (Å²) in [6.07, 6.45) is 13.5. The summed E-state index contributed by atoms with van der Waals surface area (Å²) in [6.45, 7) is 1.88. The smallest absolute Gasteiger partial charge is 0.327 e. The molecule has 0 radical (unpaired) electrons. The molecule has 30 heavy (non-hydrogen) atoms. The molecule has 0 atom stereocenters. The van der Waals surface area contributed by atoms with Gasteiger partial charge in [-0.1, -0.05) is 54.7 Å². The van der Waals surface area contributed by atoms with Crippen LogP contribution >= 0.6 is 0 Å². The van der Waals surface area contributed by atoms with Crippen LogP contribution in [0.25, 0.3) is 10.9 Å². The number of pyridine rings is 2. The minimum atomic E-state index is -0.334. The number of anilines is 2. The number of amides is 2. The van der Waals surface area contributed by atoms with Crippen LogP contribution in [0, 0.1) is 6.92 Å². The molecule has 6 nitrogen and oxygen atoms in total. The van der Waals surface area contributed by atoms with Gasteiger partial charge in [0, 0.05) is 25.0 Å². The molecule has 1 N–H and O–H groups in total. The molecule has 4 rings (SSSR count). The molecule has 0 unspecified atom stereocenters. The number of hydrogen-bond acceptors (Lipinski definition) is 3. The van der Waals surface area contributed by atoms with Crippen LogP contribution in [0.2, 0.25) is 0 Å². The molecule has 2 aromatic heterocycles. The van der Waals surface area contributed by atoms with Gasteiger partial charge in [0.25, 0.3) is 0 Å². The Balaban J connectivity index is 2.09. The first kappa shape index (κ1) is 19.4. The number of benzene rings is 1. The van der Waals surface area contributed by atoms with Crippen LogP contribution in [0.5, 0.6) is 0 Å². The second kappa shape index (κ2) is 8.21. The van der Waals surface area contributed by atoms with Crippen LogP contribution in [0.15, 0.2) is 89.9 Å². The number of nitrogens with one attached hydrogen (secondary N) is 1. The van der Waals surface area contributed by atoms with Gasteiger partial charge in [0.15, 0.2) is 5.43 Å². The van der Waals surface area contributed by atoms with E-state index in [1.165, 1.54) is 11.0 Å². The summed E-state index contributed by atoms with van der Waals surface area (Å²) in [7, 11) is 1.57. The lowest BCUT2D eigenvalue weighted by molar-refractivity contribution is 0.250. The first-order chi connectivity index (χ1) is 14.6. The number of hydrogen-bond donors (Lipinski definition) is 1. The van der Waals surface area contributed by atoms with E-state index < -0.39 is 0 Å². The Morgan fingerprint density at radius 1 is 1.07 bits per heavy atom. The van der Waals surface area contributed by atoms with Gasteiger partial charge in [-0.3, -0.25) is 9.78 Å². The molecular weight excluding hydrogens is 376 g/mol. The Bertz CT molecular complexity index is 1220. The third-order valence-electron chi connectivity index (χ3n) is 4.96. The molecule has 2 amide bonds. The Kier molecular flexibility index (Phi) is 5.30. The predicted molar refractivity (Wildman–Crippen MR) is 120 cm³/mol. The van der Waals surface area contributed by atoms with Crippen LogP contribution in [0.3, 0.4) is 0 Å². The number of aromatic nitrogens is 2. The number of nitrogens with zero attached hydrogens (tertiary/aromatic N) is 3. The fourth-order valence-electron chi connectivity index (χ4n) is 3.57. The quantitative estimate of drug-likeness (QED) is 0.711. The average Bonchev–Trinajstić information content (AvgIpc) is 3.04. The molecule has 3 aromatic rings. The number of urea groups is 1. The molecule has 2 heterocycles. The molecule has 150 valence electrons. The molecule has 0 spiro atoms. The van der Waals surface area contributed by atoms with Gasteiger partial charge < -0.3 is 9.88 Å². The maximum atomic E-state index is 13.0. The molecule has 0 saturated carbocycles. The van der Waals surface area contributed by atoms with E-state index in [9.17, 15) is 9.59 Å². The summed E-state index contributed by atoms with van der Waals surface area (Å²) >= 11 is 0. The zero-order valence-corrected chi connectivity index (χ0v) is 16.8. The number of fused-ring (bicyclic) bond motifs is 1. The van der Waals surface area contributed by atoms with Gasteiger partial charge in [0.05, 0.1) is 22.6 Å². The second-order valence-corrected chi connectivity index (χ2v) is 6.95. The summed E-state index contributed by atoms with van der Waals surface area (Å²) in [4.78, 5) is 31.8. The van der Waals surface area contributed by atoms with Gasteiger partial charge in [-0.05, 0) is 25.1 Å². The number of rotatable bonds is 3. The molecule has 1 aliphatic carbocycles. The Labute approximate surface area is 174 Å². The van der Waals surface area contributed by atoms with Crippen LogP contribution in [0.1, 0.15) is 11.7 Å². The lowest BCUT2D eigenvalue weighted by Crippen LogP contribution is -2.37. The third-order valence-corrected chi connectivity index (χ3v) is 4.96. The highest BCUT2D eigenvalue weighted by molar-refractivity contribution is 5.99. The van der Waals surface area contributed by atoms with Crippen molar-refractivity contribution in [1.82, 2.24) is 14.9 Å². The molecule has 6 heteroatoms. The van der Waals surface area contributed by atoms with Crippen molar-refractivity contribution in [3.05, 3.63) is 101 Å². The minimum Gasteiger partial charge on any atom is -0.340 e. The summed E-state index contributed by atoms with van der Waals surface area (Å²) in [5.74, 6) is 0.477. The third kappa shape index (κ3) is 3.55. The van der Waals surface area contributed by atoms with Gasteiger partial charge in [0.2, 0.25) is 0 Å². The van der Waals surface area contributed by atoms with Crippen molar-refractivity contribution in [3.8, 4) is 0 Å². The largest absolute Gasteiger partial charge is 0.340 e. The topological polar surface area (TPSA) is 67.2 Å². The van der Waals surface area contributed by atoms with E-state index >= 15 is 0 Å². The fraction of sp³-hybridized carbons (Fsp3) is 0.125. The van der Waals surface area contributed by atoms with Crippen molar-refractivity contribution in [1.29, 1.82) is 0 Å². The molecular formula is C24H22N4O2. The van der Waals surface area contributed by atoms with Crippen molar-refractivity contribution >= 4 is 28.4 Å². The van der Waals surface area contributed by atoms with E-state index in [1.807, 2.05) is 84.3 Å². The van der Waals surface area contributed by atoms with Gasteiger partial charge in [-0.15, -0.1) is 0 Å². The SMILES string of the molecule is CNC(=O)N(c1ccccc1)c1cc(=O)c2cnc(C)cc2n1C1C=CC=CC=C1. The van der Waals surface area contributed by atoms with Gasteiger partial charge in [0.1, 0.15) is 5.82 Å². The number of aryl methyl sites for hydroxylation is 1. The van der Waals surface area contributed by atoms with Gasteiger partial charge in [-0.25, -0.2) is 9.69 Å². The molecule has 0 fully saturated rings. The summed E-state index contributed by atoms with van der Waals surface area (Å²) in [5, 5.41) is 3.20. The van der Waals surface area contributed by atoms with Crippen molar-refractivity contribution in [2.24, 2.45) is 0 Å². The van der Waals surface area contributed by atoms with E-state index in [2.05, 4.69) is 10.3 Å². The standard InChI is InChI=1S/C24H22N4O2/c1-17-14-21-20(16-26-17)22(29)15-23(27(21)18-10-6-3-4-7-11-18)28(24(30)25-2)19-12-8-5-9-13-19/h3-16,18H,1-2H3,(H,25,30). The Morgan fingerprint density at radius 3 is 2.43 bits per heavy atom. The van der Waals surface area contributed by atoms with Crippen LogP contribution in [-0.4, -0.2) is 22.6 Å². The van der Waals surface area contributed by atoms with E-state index in [-0.39, 0.29) is 17.5 Å². The molecule has 0 bridgehead atoms. The second-order valence-electron chi connectivity index (χ2n) is 6.95. The summed E-state index contributed by atoms with van der Waals surface area (Å²) in [5.41, 5.74) is 1.98. The summed E-state index contributed by atoms with van der Waals surface area (Å²) < 4.78 is 1.99. The van der Waals surface area contributed by atoms with E-state index in [0.29, 0.717) is 16.9 Å². The zero-order chi connectivity index (χ0) is 21.1. The zero-order valence-electron chi connectivity index (χ0n) is 16.8. The van der Waals surface area contributed by atoms with Crippen LogP contribution < -0.4 is 15.6 Å². The maximum Gasteiger partial charge on any atom is 0.327 e.